The van der Waals surface area contributed by atoms with Crippen LogP contribution in [0.25, 0.3) is 0 Å². The summed E-state index contributed by atoms with van der Waals surface area (Å²) >= 11 is 5.07. The van der Waals surface area contributed by atoms with Crippen LogP contribution >= 0.6 is 12.2 Å². The zero-order valence-electron chi connectivity index (χ0n) is 17.8. The maximum Gasteiger partial charge on any atom is 0.414 e. The highest BCUT2D eigenvalue weighted by molar-refractivity contribution is 7.80. The molecule has 2 aliphatic rings. The van der Waals surface area contributed by atoms with Gasteiger partial charge in [0, 0.05) is 26.2 Å². The summed E-state index contributed by atoms with van der Waals surface area (Å²) < 4.78 is 30.2. The molecule has 2 saturated heterocycles. The first-order chi connectivity index (χ1) is 14.8. The lowest BCUT2D eigenvalue weighted by molar-refractivity contribution is 0.121. The fourth-order valence-electron chi connectivity index (χ4n) is 3.47. The summed E-state index contributed by atoms with van der Waals surface area (Å²) in [7, 11) is 1.34. The minimum Gasteiger partial charge on any atom is -0.468 e. The van der Waals surface area contributed by atoms with Crippen molar-refractivity contribution >= 4 is 41.0 Å². The van der Waals surface area contributed by atoms with Crippen LogP contribution in [0.5, 0.6) is 0 Å². The first kappa shape index (κ1) is 22.9. The number of thiocarbonyl (C=S) groups is 1. The fourth-order valence-corrected chi connectivity index (χ4v) is 3.75. The van der Waals surface area contributed by atoms with E-state index in [1.165, 1.54) is 18.1 Å². The molecule has 1 aromatic carbocycles. The van der Waals surface area contributed by atoms with Crippen molar-refractivity contribution in [3.63, 3.8) is 0 Å². The van der Waals surface area contributed by atoms with Gasteiger partial charge in [-0.3, -0.25) is 4.90 Å². The standard InChI is InChI=1S/C20H27FN4O5S/c1-13(2)29-18(31)22-11-15-12-25(20(27)30-15)14-4-5-17(16(21)10-14)23-6-8-24(9-7-23)19(26)28-3/h4-5,10,13,15H,6-9,11-12H2,1-3H3,(H,22,31)/t15-/m0/s1. The number of amides is 2. The Bertz CT molecular complexity index is 832. The molecule has 0 bridgehead atoms. The highest BCUT2D eigenvalue weighted by Crippen LogP contribution is 2.28. The van der Waals surface area contributed by atoms with Gasteiger partial charge in [0.15, 0.2) is 0 Å². The number of benzene rings is 1. The minimum atomic E-state index is -0.540. The smallest absolute Gasteiger partial charge is 0.414 e. The van der Waals surface area contributed by atoms with Crippen molar-refractivity contribution in [3.8, 4) is 0 Å². The third-order valence-electron chi connectivity index (χ3n) is 4.99. The number of cyclic esters (lactones) is 1. The second kappa shape index (κ2) is 9.99. The molecule has 0 spiro atoms. The Labute approximate surface area is 186 Å². The van der Waals surface area contributed by atoms with E-state index in [0.29, 0.717) is 44.1 Å². The third kappa shape index (κ3) is 5.66. The van der Waals surface area contributed by atoms with E-state index in [2.05, 4.69) is 5.32 Å². The Balaban J connectivity index is 1.58. The molecule has 0 unspecified atom stereocenters. The normalized spacial score (nSPS) is 18.8. The van der Waals surface area contributed by atoms with Gasteiger partial charge in [-0.05, 0) is 44.3 Å². The number of rotatable bonds is 5. The lowest BCUT2D eigenvalue weighted by Gasteiger charge is -2.35. The SMILES string of the molecule is COC(=O)N1CCN(c2ccc(N3C[C@H](CNC(=S)OC(C)C)OC3=O)cc2F)CC1. The van der Waals surface area contributed by atoms with E-state index in [4.69, 9.17) is 26.4 Å². The van der Waals surface area contributed by atoms with Crippen molar-refractivity contribution < 1.29 is 28.2 Å². The maximum absolute atomic E-state index is 14.8. The molecule has 0 aliphatic carbocycles. The summed E-state index contributed by atoms with van der Waals surface area (Å²) in [6.45, 7) is 6.18. The Morgan fingerprint density at radius 2 is 2.03 bits per heavy atom. The van der Waals surface area contributed by atoms with E-state index in [1.54, 1.807) is 17.0 Å². The molecule has 11 heteroatoms. The second-order valence-corrected chi connectivity index (χ2v) is 7.90. The Kier molecular flexibility index (Phi) is 7.37. The van der Waals surface area contributed by atoms with Crippen LogP contribution in [0.3, 0.4) is 0 Å². The van der Waals surface area contributed by atoms with Crippen molar-refractivity contribution in [1.82, 2.24) is 10.2 Å². The van der Waals surface area contributed by atoms with E-state index >= 15 is 0 Å². The van der Waals surface area contributed by atoms with Gasteiger partial charge >= 0.3 is 12.2 Å². The van der Waals surface area contributed by atoms with E-state index in [0.717, 1.165) is 0 Å². The summed E-state index contributed by atoms with van der Waals surface area (Å²) in [6.07, 6.45) is -1.41. The Morgan fingerprint density at radius 3 is 2.65 bits per heavy atom. The number of methoxy groups -OCH3 is 1. The second-order valence-electron chi connectivity index (χ2n) is 7.53. The number of halogens is 1. The van der Waals surface area contributed by atoms with Crippen LogP contribution in [-0.2, 0) is 14.2 Å². The molecule has 2 aliphatic heterocycles. The number of nitrogens with zero attached hydrogens (tertiary/aromatic N) is 3. The zero-order valence-corrected chi connectivity index (χ0v) is 18.6. The van der Waals surface area contributed by atoms with Gasteiger partial charge in [0.25, 0.3) is 5.17 Å². The van der Waals surface area contributed by atoms with Crippen molar-refractivity contribution in [1.29, 1.82) is 0 Å². The van der Waals surface area contributed by atoms with Crippen LogP contribution in [0.15, 0.2) is 18.2 Å². The Morgan fingerprint density at radius 1 is 1.32 bits per heavy atom. The molecule has 0 radical (unpaired) electrons. The number of carbonyl (C=O) groups excluding carboxylic acids is 2. The van der Waals surface area contributed by atoms with Crippen molar-refractivity contribution in [2.75, 3.05) is 56.2 Å². The number of anilines is 2. The summed E-state index contributed by atoms with van der Waals surface area (Å²) in [5, 5.41) is 3.16. The topological polar surface area (TPSA) is 83.6 Å². The average Bonchev–Trinajstić information content (AvgIpc) is 3.12. The summed E-state index contributed by atoms with van der Waals surface area (Å²) in [5.74, 6) is -0.440. The van der Waals surface area contributed by atoms with Crippen LogP contribution in [0.4, 0.5) is 25.4 Å². The quantitative estimate of drug-likeness (QED) is 0.679. The van der Waals surface area contributed by atoms with Gasteiger partial charge in [-0.1, -0.05) is 0 Å². The predicted molar refractivity (Wildman–Crippen MR) is 117 cm³/mol. The molecule has 2 heterocycles. The summed E-state index contributed by atoms with van der Waals surface area (Å²) in [4.78, 5) is 28.7. The van der Waals surface area contributed by atoms with Crippen molar-refractivity contribution in [2.24, 2.45) is 0 Å². The zero-order chi connectivity index (χ0) is 22.5. The molecule has 2 fully saturated rings. The number of nitrogens with one attached hydrogen (secondary N) is 1. The van der Waals surface area contributed by atoms with Gasteiger partial charge < -0.3 is 29.3 Å². The van der Waals surface area contributed by atoms with E-state index in [9.17, 15) is 14.0 Å². The number of carbonyl (C=O) groups is 2. The van der Waals surface area contributed by atoms with E-state index in [-0.39, 0.29) is 23.9 Å². The van der Waals surface area contributed by atoms with Crippen LogP contribution in [-0.4, -0.2) is 80.8 Å². The number of hydrogen-bond acceptors (Lipinski definition) is 7. The molecule has 170 valence electrons. The molecule has 0 saturated carbocycles. The molecule has 0 aromatic heterocycles. The molecule has 3 rings (SSSR count). The van der Waals surface area contributed by atoms with Gasteiger partial charge in [-0.25, -0.2) is 14.0 Å². The highest BCUT2D eigenvalue weighted by atomic mass is 32.1. The largest absolute Gasteiger partial charge is 0.468 e. The molecule has 1 N–H and O–H groups in total. The van der Waals surface area contributed by atoms with Crippen molar-refractivity contribution in [2.45, 2.75) is 26.1 Å². The first-order valence-corrected chi connectivity index (χ1v) is 10.5. The number of ether oxygens (including phenoxy) is 3. The van der Waals surface area contributed by atoms with Crippen LogP contribution in [0, 0.1) is 5.82 Å². The summed E-state index contributed by atoms with van der Waals surface area (Å²) in [6, 6.07) is 4.66. The molecule has 2 amide bonds. The average molecular weight is 455 g/mol. The van der Waals surface area contributed by atoms with Crippen LogP contribution in [0.1, 0.15) is 13.8 Å². The maximum atomic E-state index is 14.8. The van der Waals surface area contributed by atoms with Gasteiger partial charge in [0.05, 0.1) is 37.7 Å². The van der Waals surface area contributed by atoms with Gasteiger partial charge in [0.2, 0.25) is 0 Å². The van der Waals surface area contributed by atoms with Crippen LogP contribution < -0.4 is 15.1 Å². The lowest BCUT2D eigenvalue weighted by atomic mass is 10.2. The monoisotopic (exact) mass is 454 g/mol. The predicted octanol–water partition coefficient (Wildman–Crippen LogP) is 2.34. The number of hydrogen-bond donors (Lipinski definition) is 1. The Hall–Kier alpha value is -2.82. The van der Waals surface area contributed by atoms with E-state index < -0.39 is 18.0 Å². The third-order valence-corrected chi connectivity index (χ3v) is 5.23. The highest BCUT2D eigenvalue weighted by Gasteiger charge is 2.33. The molecule has 9 nitrogen and oxygen atoms in total. The van der Waals surface area contributed by atoms with E-state index in [1.807, 2.05) is 18.7 Å². The summed E-state index contributed by atoms with van der Waals surface area (Å²) in [5.41, 5.74) is 0.846. The fraction of sp³-hybridized carbons (Fsp3) is 0.550. The minimum absolute atomic E-state index is 0.0486. The molecule has 1 atom stereocenters. The number of piperazine rings is 1. The molecule has 1 aromatic rings. The molecular weight excluding hydrogens is 427 g/mol. The molecule has 31 heavy (non-hydrogen) atoms. The lowest BCUT2D eigenvalue weighted by Crippen LogP contribution is -2.49. The van der Waals surface area contributed by atoms with Gasteiger partial charge in [-0.15, -0.1) is 0 Å². The van der Waals surface area contributed by atoms with Crippen molar-refractivity contribution in [3.05, 3.63) is 24.0 Å². The first-order valence-electron chi connectivity index (χ1n) is 10.1. The molecular formula is C20H27FN4O5S. The van der Waals surface area contributed by atoms with Crippen LogP contribution in [0.2, 0.25) is 0 Å². The van der Waals surface area contributed by atoms with Gasteiger partial charge in [-0.2, -0.15) is 0 Å². The van der Waals surface area contributed by atoms with Gasteiger partial charge in [0.1, 0.15) is 11.9 Å².